The molecule has 156 valence electrons. The minimum atomic E-state index is -0.398. The number of carbonyl (C=O) groups is 1. The molecule has 6 nitrogen and oxygen atoms in total. The number of aromatic hydroxyl groups is 1. The number of nitrogens with one attached hydrogen (secondary N) is 1. The number of hydrogen-bond donors (Lipinski definition) is 3. The van der Waals surface area contributed by atoms with Gasteiger partial charge in [-0.15, -0.1) is 0 Å². The number of carbonyl (C=O) groups excluding carboxylic acids is 1. The maximum absolute atomic E-state index is 13.7. The van der Waals surface area contributed by atoms with Crippen molar-refractivity contribution in [3.8, 4) is 5.88 Å². The number of anilines is 1. The van der Waals surface area contributed by atoms with Crippen molar-refractivity contribution in [3.05, 3.63) is 89.7 Å². The Morgan fingerprint density at radius 3 is 2.48 bits per heavy atom. The molecule has 0 fully saturated rings. The molecule has 0 aliphatic heterocycles. The van der Waals surface area contributed by atoms with E-state index in [-0.39, 0.29) is 18.3 Å². The second-order valence-electron chi connectivity index (χ2n) is 7.04. The van der Waals surface area contributed by atoms with Crippen LogP contribution in [-0.2, 0) is 4.79 Å². The maximum atomic E-state index is 13.7. The monoisotopic (exact) mass is 416 g/mol. The summed E-state index contributed by atoms with van der Waals surface area (Å²) in [6.45, 7) is -0.0744. The van der Waals surface area contributed by atoms with E-state index < -0.39 is 5.82 Å². The predicted octanol–water partition coefficient (Wildman–Crippen LogP) is 4.10. The van der Waals surface area contributed by atoms with Gasteiger partial charge in [0.1, 0.15) is 5.82 Å². The smallest absolute Gasteiger partial charge is 0.240 e. The highest BCUT2D eigenvalue weighted by Gasteiger charge is 2.19. The molecule has 0 saturated carbocycles. The van der Waals surface area contributed by atoms with Gasteiger partial charge in [-0.1, -0.05) is 30.3 Å². The number of halogens is 1. The number of nitrogens with zero attached hydrogens (tertiary/aromatic N) is 2. The molecule has 31 heavy (non-hydrogen) atoms. The summed E-state index contributed by atoms with van der Waals surface area (Å²) in [5, 5.41) is 11.3. The van der Waals surface area contributed by atoms with Gasteiger partial charge >= 0.3 is 0 Å². The molecule has 4 rings (SSSR count). The third-order valence-electron chi connectivity index (χ3n) is 5.05. The van der Waals surface area contributed by atoms with Crippen LogP contribution in [0.3, 0.4) is 0 Å². The Morgan fingerprint density at radius 2 is 1.81 bits per heavy atom. The van der Waals surface area contributed by atoms with Crippen molar-refractivity contribution >= 4 is 33.9 Å². The van der Waals surface area contributed by atoms with Crippen LogP contribution in [-0.4, -0.2) is 35.3 Å². The van der Waals surface area contributed by atoms with Crippen LogP contribution < -0.4 is 10.6 Å². The SMILES string of the molecule is CN(C(=O)CN)c1ccc(N=C(c2ccccc2)c2c(O)[nH]c3cc(F)ccc23)cc1. The molecule has 0 spiro atoms. The molecule has 0 saturated heterocycles. The Morgan fingerprint density at radius 1 is 1.10 bits per heavy atom. The Bertz CT molecular complexity index is 1260. The van der Waals surface area contributed by atoms with E-state index in [2.05, 4.69) is 4.98 Å². The van der Waals surface area contributed by atoms with Gasteiger partial charge < -0.3 is 20.7 Å². The number of amides is 1. The Hall–Kier alpha value is -3.97. The van der Waals surface area contributed by atoms with Gasteiger partial charge in [0.2, 0.25) is 5.91 Å². The van der Waals surface area contributed by atoms with E-state index in [0.29, 0.717) is 33.6 Å². The predicted molar refractivity (Wildman–Crippen MR) is 121 cm³/mol. The molecule has 0 aliphatic rings. The zero-order valence-electron chi connectivity index (χ0n) is 16.8. The van der Waals surface area contributed by atoms with Crippen molar-refractivity contribution < 1.29 is 14.3 Å². The van der Waals surface area contributed by atoms with Gasteiger partial charge in [0, 0.05) is 23.7 Å². The lowest BCUT2D eigenvalue weighted by Gasteiger charge is -2.16. The molecule has 0 unspecified atom stereocenters. The van der Waals surface area contributed by atoms with E-state index in [9.17, 15) is 14.3 Å². The van der Waals surface area contributed by atoms with Crippen LogP contribution in [0, 0.1) is 5.82 Å². The number of benzene rings is 3. The maximum Gasteiger partial charge on any atom is 0.240 e. The summed E-state index contributed by atoms with van der Waals surface area (Å²) >= 11 is 0. The molecule has 4 N–H and O–H groups in total. The summed E-state index contributed by atoms with van der Waals surface area (Å²) in [6, 6.07) is 20.9. The average Bonchev–Trinajstić information content (AvgIpc) is 3.11. The van der Waals surface area contributed by atoms with Crippen molar-refractivity contribution in [2.24, 2.45) is 10.7 Å². The first-order chi connectivity index (χ1) is 15.0. The lowest BCUT2D eigenvalue weighted by Crippen LogP contribution is -2.32. The standard InChI is InChI=1S/C24H21FN4O2/c1-29(21(30)14-26)18-10-8-17(9-11-18)27-23(15-5-3-2-4-6-15)22-19-12-7-16(25)13-20(19)28-24(22)31/h2-13,28,31H,14,26H2,1H3. The number of aliphatic imine (C=N–C) groups is 1. The lowest BCUT2D eigenvalue weighted by atomic mass is 10.0. The second-order valence-corrected chi connectivity index (χ2v) is 7.04. The van der Waals surface area contributed by atoms with Crippen LogP contribution >= 0.6 is 0 Å². The van der Waals surface area contributed by atoms with Crippen LogP contribution in [0.2, 0.25) is 0 Å². The number of aromatic nitrogens is 1. The van der Waals surface area contributed by atoms with E-state index in [1.54, 1.807) is 37.4 Å². The fourth-order valence-corrected chi connectivity index (χ4v) is 3.42. The molecule has 0 bridgehead atoms. The second kappa shape index (κ2) is 8.41. The topological polar surface area (TPSA) is 94.7 Å². The first kappa shape index (κ1) is 20.3. The van der Waals surface area contributed by atoms with Gasteiger partial charge in [0.05, 0.1) is 29.0 Å². The van der Waals surface area contributed by atoms with E-state index in [0.717, 1.165) is 5.56 Å². The molecule has 0 radical (unpaired) electrons. The van der Waals surface area contributed by atoms with Gasteiger partial charge in [0.25, 0.3) is 0 Å². The molecule has 3 aromatic carbocycles. The minimum absolute atomic E-state index is 0.0744. The fourth-order valence-electron chi connectivity index (χ4n) is 3.42. The fraction of sp³-hybridized carbons (Fsp3) is 0.0833. The third-order valence-corrected chi connectivity index (χ3v) is 5.05. The number of fused-ring (bicyclic) bond motifs is 1. The number of rotatable bonds is 5. The van der Waals surface area contributed by atoms with Crippen molar-refractivity contribution in [1.82, 2.24) is 4.98 Å². The zero-order chi connectivity index (χ0) is 22.0. The number of H-pyrrole nitrogens is 1. The summed E-state index contributed by atoms with van der Waals surface area (Å²) < 4.78 is 13.7. The molecule has 0 atom stereocenters. The average molecular weight is 416 g/mol. The van der Waals surface area contributed by atoms with Gasteiger partial charge in [-0.2, -0.15) is 0 Å². The van der Waals surface area contributed by atoms with E-state index in [4.69, 9.17) is 10.7 Å². The molecule has 4 aromatic rings. The molecular weight excluding hydrogens is 395 g/mol. The van der Waals surface area contributed by atoms with Gasteiger partial charge in [0.15, 0.2) is 5.88 Å². The lowest BCUT2D eigenvalue weighted by molar-refractivity contribution is -0.117. The first-order valence-corrected chi connectivity index (χ1v) is 9.69. The summed E-state index contributed by atoms with van der Waals surface area (Å²) in [5.41, 5.74) is 9.06. The molecule has 7 heteroatoms. The highest BCUT2D eigenvalue weighted by atomic mass is 19.1. The summed E-state index contributed by atoms with van der Waals surface area (Å²) in [6.07, 6.45) is 0. The van der Waals surface area contributed by atoms with E-state index in [1.807, 2.05) is 30.3 Å². The largest absolute Gasteiger partial charge is 0.494 e. The first-order valence-electron chi connectivity index (χ1n) is 9.69. The number of hydrogen-bond acceptors (Lipinski definition) is 4. The molecule has 0 aliphatic carbocycles. The van der Waals surface area contributed by atoms with Gasteiger partial charge in [-0.3, -0.25) is 4.79 Å². The highest BCUT2D eigenvalue weighted by Crippen LogP contribution is 2.32. The summed E-state index contributed by atoms with van der Waals surface area (Å²) in [7, 11) is 1.66. The molecule has 1 amide bonds. The number of likely N-dealkylation sites (N-methyl/N-ethyl adjacent to an activating group) is 1. The van der Waals surface area contributed by atoms with Crippen LogP contribution in [0.4, 0.5) is 15.8 Å². The summed E-state index contributed by atoms with van der Waals surface area (Å²) in [4.78, 5) is 20.9. The van der Waals surface area contributed by atoms with Crippen LogP contribution in [0.25, 0.3) is 10.9 Å². The zero-order valence-corrected chi connectivity index (χ0v) is 16.8. The number of nitrogens with two attached hydrogens (primary N) is 1. The van der Waals surface area contributed by atoms with Crippen LogP contribution in [0.5, 0.6) is 5.88 Å². The van der Waals surface area contributed by atoms with Gasteiger partial charge in [-0.05, 0) is 42.5 Å². The van der Waals surface area contributed by atoms with Crippen molar-refractivity contribution in [2.45, 2.75) is 0 Å². The normalized spacial score (nSPS) is 11.6. The summed E-state index contributed by atoms with van der Waals surface area (Å²) in [5.74, 6) is -0.685. The highest BCUT2D eigenvalue weighted by molar-refractivity contribution is 6.21. The quantitative estimate of drug-likeness (QED) is 0.428. The number of aromatic amines is 1. The van der Waals surface area contributed by atoms with Crippen molar-refractivity contribution in [3.63, 3.8) is 0 Å². The molecular formula is C24H21FN4O2. The molecule has 1 heterocycles. The van der Waals surface area contributed by atoms with Gasteiger partial charge in [-0.25, -0.2) is 9.38 Å². The minimum Gasteiger partial charge on any atom is -0.494 e. The Labute approximate surface area is 178 Å². The van der Waals surface area contributed by atoms with Crippen molar-refractivity contribution in [2.75, 3.05) is 18.5 Å². The molecule has 1 aromatic heterocycles. The van der Waals surface area contributed by atoms with Crippen LogP contribution in [0.1, 0.15) is 11.1 Å². The van der Waals surface area contributed by atoms with Crippen LogP contribution in [0.15, 0.2) is 77.8 Å². The Balaban J connectivity index is 1.83. The van der Waals surface area contributed by atoms with E-state index in [1.165, 1.54) is 17.0 Å². The Kier molecular flexibility index (Phi) is 5.51. The third kappa shape index (κ3) is 4.04. The van der Waals surface area contributed by atoms with E-state index >= 15 is 0 Å². The van der Waals surface area contributed by atoms with Crippen molar-refractivity contribution in [1.29, 1.82) is 0 Å².